The second-order valence-electron chi connectivity index (χ2n) is 9.02. The van der Waals surface area contributed by atoms with E-state index in [4.69, 9.17) is 4.74 Å². The van der Waals surface area contributed by atoms with Crippen LogP contribution in [0.1, 0.15) is 83.4 Å². The average Bonchev–Trinajstić information content (AvgIpc) is 3.49. The van der Waals surface area contributed by atoms with Gasteiger partial charge in [-0.1, -0.05) is 38.2 Å². The van der Waals surface area contributed by atoms with Crippen molar-refractivity contribution in [1.29, 1.82) is 0 Å². The van der Waals surface area contributed by atoms with Gasteiger partial charge in [0, 0.05) is 36.5 Å². The number of pyridine rings is 1. The van der Waals surface area contributed by atoms with Crippen molar-refractivity contribution in [3.63, 3.8) is 0 Å². The summed E-state index contributed by atoms with van der Waals surface area (Å²) in [7, 11) is 0. The van der Waals surface area contributed by atoms with Crippen LogP contribution in [0.4, 0.5) is 0 Å². The molecule has 7 nitrogen and oxygen atoms in total. The summed E-state index contributed by atoms with van der Waals surface area (Å²) in [6, 6.07) is 3.92. The highest BCUT2D eigenvalue weighted by molar-refractivity contribution is 7.09. The molecule has 0 spiro atoms. The lowest BCUT2D eigenvalue weighted by atomic mass is 9.96. The summed E-state index contributed by atoms with van der Waals surface area (Å²) in [6.45, 7) is 1.57. The summed E-state index contributed by atoms with van der Waals surface area (Å²) >= 11 is 1.54. The second-order valence-corrected chi connectivity index (χ2v) is 10.1. The minimum atomic E-state index is -0.523. The van der Waals surface area contributed by atoms with Crippen LogP contribution in [0.3, 0.4) is 0 Å². The summed E-state index contributed by atoms with van der Waals surface area (Å²) in [5, 5.41) is 7.83. The van der Waals surface area contributed by atoms with Crippen molar-refractivity contribution in [3.05, 3.63) is 56.1 Å². The fourth-order valence-electron chi connectivity index (χ4n) is 4.62. The van der Waals surface area contributed by atoms with E-state index in [1.54, 1.807) is 28.3 Å². The van der Waals surface area contributed by atoms with Gasteiger partial charge < -0.3 is 19.9 Å². The van der Waals surface area contributed by atoms with E-state index in [0.29, 0.717) is 19.7 Å². The van der Waals surface area contributed by atoms with E-state index >= 15 is 0 Å². The number of nitrogens with zero attached hydrogens (tertiary/aromatic N) is 1. The largest absolute Gasteiger partial charge is 0.376 e. The molecule has 2 N–H and O–H groups in total. The fourth-order valence-corrected chi connectivity index (χ4v) is 5.27. The van der Waals surface area contributed by atoms with Crippen molar-refractivity contribution in [2.75, 3.05) is 6.61 Å². The van der Waals surface area contributed by atoms with Crippen LogP contribution in [0.2, 0.25) is 0 Å². The number of amides is 2. The second kappa shape index (κ2) is 11.6. The first-order valence-corrected chi connectivity index (χ1v) is 13.0. The molecule has 178 valence electrons. The Hall–Kier alpha value is -2.45. The number of ether oxygens (including phenoxy) is 1. The molecule has 2 amide bonds. The summed E-state index contributed by atoms with van der Waals surface area (Å²) in [5.41, 5.74) is -0.501. The molecule has 1 atom stereocenters. The number of hydrogen-bond donors (Lipinski definition) is 2. The molecule has 1 saturated heterocycles. The van der Waals surface area contributed by atoms with Gasteiger partial charge in [-0.3, -0.25) is 14.4 Å². The van der Waals surface area contributed by atoms with Crippen molar-refractivity contribution >= 4 is 23.2 Å². The van der Waals surface area contributed by atoms with Crippen LogP contribution in [0.15, 0.2) is 34.7 Å². The van der Waals surface area contributed by atoms with E-state index in [9.17, 15) is 14.4 Å². The smallest absolute Gasteiger partial charge is 0.257 e. The molecule has 8 heteroatoms. The summed E-state index contributed by atoms with van der Waals surface area (Å²) < 4.78 is 7.50. The molecular weight excluding hydrogens is 438 g/mol. The van der Waals surface area contributed by atoms with E-state index in [1.807, 2.05) is 17.5 Å². The Bertz CT molecular complexity index is 988. The standard InChI is InChI=1S/C25H33N3O4S/c29-23-21(24(30)26-14-20-11-7-13-33-20)16-28(15-19-10-6-12-32-19)17-22(23)25(31)27-18-8-4-2-1-3-5-9-18/h7,11,13,16-19H,1-6,8-10,12,14-15H2,(H,26,30)(H,27,31)/t19-/m0/s1. The van der Waals surface area contributed by atoms with Crippen LogP contribution in [0.25, 0.3) is 0 Å². The molecule has 2 aliphatic rings. The summed E-state index contributed by atoms with van der Waals surface area (Å²) in [6.07, 6.45) is 12.7. The third kappa shape index (κ3) is 6.54. The lowest BCUT2D eigenvalue weighted by Gasteiger charge is -2.21. The van der Waals surface area contributed by atoms with Gasteiger partial charge in [0.05, 0.1) is 12.6 Å². The molecule has 0 bridgehead atoms. The van der Waals surface area contributed by atoms with Crippen LogP contribution in [0, 0.1) is 0 Å². The molecule has 0 aromatic carbocycles. The molecule has 33 heavy (non-hydrogen) atoms. The number of rotatable bonds is 7. The lowest BCUT2D eigenvalue weighted by molar-refractivity contribution is 0.0914. The minimum Gasteiger partial charge on any atom is -0.376 e. The first-order chi connectivity index (χ1) is 16.1. The van der Waals surface area contributed by atoms with Gasteiger partial charge in [0.2, 0.25) is 5.43 Å². The highest BCUT2D eigenvalue weighted by atomic mass is 32.1. The molecule has 3 heterocycles. The van der Waals surface area contributed by atoms with Gasteiger partial charge in [0.15, 0.2) is 0 Å². The normalized spacial score (nSPS) is 19.6. The van der Waals surface area contributed by atoms with Gasteiger partial charge in [-0.15, -0.1) is 11.3 Å². The summed E-state index contributed by atoms with van der Waals surface area (Å²) in [5.74, 6) is -0.852. The Balaban J connectivity index is 1.55. The number of hydrogen-bond acceptors (Lipinski definition) is 5. The van der Waals surface area contributed by atoms with Crippen molar-refractivity contribution in [2.45, 2.75) is 83.0 Å². The first kappa shape index (κ1) is 23.7. The van der Waals surface area contributed by atoms with Crippen molar-refractivity contribution in [2.24, 2.45) is 0 Å². The number of aromatic nitrogens is 1. The van der Waals surface area contributed by atoms with Gasteiger partial charge in [0.25, 0.3) is 11.8 Å². The topological polar surface area (TPSA) is 89.4 Å². The fraction of sp³-hybridized carbons (Fsp3) is 0.560. The zero-order valence-electron chi connectivity index (χ0n) is 19.0. The number of thiophene rings is 1. The molecule has 0 radical (unpaired) electrons. The van der Waals surface area contributed by atoms with E-state index in [1.165, 1.54) is 19.3 Å². The molecule has 1 aliphatic carbocycles. The maximum absolute atomic E-state index is 13.2. The highest BCUT2D eigenvalue weighted by Gasteiger charge is 2.23. The monoisotopic (exact) mass is 471 g/mol. The highest BCUT2D eigenvalue weighted by Crippen LogP contribution is 2.18. The Morgan fingerprint density at radius 2 is 1.73 bits per heavy atom. The SMILES string of the molecule is O=C(NCc1cccs1)c1cn(C[C@@H]2CCCO2)cc(C(=O)NC2CCCCCCC2)c1=O. The van der Waals surface area contributed by atoms with Crippen molar-refractivity contribution in [1.82, 2.24) is 15.2 Å². The Morgan fingerprint density at radius 3 is 2.39 bits per heavy atom. The van der Waals surface area contributed by atoms with E-state index in [0.717, 1.165) is 43.4 Å². The predicted octanol–water partition coefficient (Wildman–Crippen LogP) is 3.86. The lowest BCUT2D eigenvalue weighted by Crippen LogP contribution is -2.40. The van der Waals surface area contributed by atoms with Crippen LogP contribution in [-0.4, -0.2) is 35.1 Å². The average molecular weight is 472 g/mol. The zero-order valence-corrected chi connectivity index (χ0v) is 19.8. The Labute approximate surface area is 198 Å². The van der Waals surface area contributed by atoms with Gasteiger partial charge in [-0.25, -0.2) is 0 Å². The number of carbonyl (C=O) groups is 2. The predicted molar refractivity (Wildman–Crippen MR) is 129 cm³/mol. The quantitative estimate of drug-likeness (QED) is 0.642. The number of carbonyl (C=O) groups excluding carboxylic acids is 2. The maximum atomic E-state index is 13.2. The van der Waals surface area contributed by atoms with Crippen LogP contribution in [-0.2, 0) is 17.8 Å². The van der Waals surface area contributed by atoms with Gasteiger partial charge in [0.1, 0.15) is 11.1 Å². The molecule has 2 aromatic heterocycles. The molecule has 0 unspecified atom stereocenters. The van der Waals surface area contributed by atoms with Gasteiger partial charge in [-0.05, 0) is 37.1 Å². The van der Waals surface area contributed by atoms with Gasteiger partial charge >= 0.3 is 0 Å². The van der Waals surface area contributed by atoms with Crippen molar-refractivity contribution in [3.8, 4) is 0 Å². The minimum absolute atomic E-state index is 0.00475. The molecule has 4 rings (SSSR count). The molecule has 1 aliphatic heterocycles. The molecule has 2 fully saturated rings. The van der Waals surface area contributed by atoms with Crippen LogP contribution in [0.5, 0.6) is 0 Å². The van der Waals surface area contributed by atoms with Crippen LogP contribution < -0.4 is 16.1 Å². The van der Waals surface area contributed by atoms with E-state index in [-0.39, 0.29) is 29.2 Å². The molecular formula is C25H33N3O4S. The van der Waals surface area contributed by atoms with Gasteiger partial charge in [-0.2, -0.15) is 0 Å². The number of nitrogens with one attached hydrogen (secondary N) is 2. The van der Waals surface area contributed by atoms with Crippen molar-refractivity contribution < 1.29 is 14.3 Å². The molecule has 1 saturated carbocycles. The first-order valence-electron chi connectivity index (χ1n) is 12.1. The van der Waals surface area contributed by atoms with Crippen LogP contribution >= 0.6 is 11.3 Å². The zero-order chi connectivity index (χ0) is 23.0. The Kier molecular flexibility index (Phi) is 8.34. The third-order valence-corrected chi connectivity index (χ3v) is 7.33. The third-order valence-electron chi connectivity index (χ3n) is 6.45. The Morgan fingerprint density at radius 1 is 1.00 bits per heavy atom. The maximum Gasteiger partial charge on any atom is 0.257 e. The summed E-state index contributed by atoms with van der Waals surface area (Å²) in [4.78, 5) is 40.3. The van der Waals surface area contributed by atoms with E-state index in [2.05, 4.69) is 10.6 Å². The molecule has 2 aromatic rings. The van der Waals surface area contributed by atoms with E-state index < -0.39 is 11.3 Å².